The van der Waals surface area contributed by atoms with E-state index in [2.05, 4.69) is 34.4 Å². The minimum Gasteiger partial charge on any atom is -0.379 e. The third-order valence-electron chi connectivity index (χ3n) is 3.69. The molecule has 6 nitrogen and oxygen atoms in total. The quantitative estimate of drug-likeness (QED) is 0.353. The molecule has 1 fully saturated rings. The van der Waals surface area contributed by atoms with Gasteiger partial charge in [0.25, 0.3) is 0 Å². The van der Waals surface area contributed by atoms with Gasteiger partial charge in [-0.15, -0.1) is 0 Å². The van der Waals surface area contributed by atoms with Crippen LogP contribution in [0.15, 0.2) is 4.99 Å². The Bertz CT molecular complexity index is 277. The number of guanidine groups is 1. The van der Waals surface area contributed by atoms with Crippen molar-refractivity contribution in [3.8, 4) is 0 Å². The molecule has 0 amide bonds. The van der Waals surface area contributed by atoms with Crippen LogP contribution >= 0.6 is 0 Å². The molecular weight excluding hydrogens is 268 g/mol. The summed E-state index contributed by atoms with van der Waals surface area (Å²) in [5.74, 6) is 0.867. The molecule has 21 heavy (non-hydrogen) atoms. The molecular formula is C15H32N4O2. The minimum absolute atomic E-state index is 0.302. The molecule has 1 atom stereocenters. The first-order chi connectivity index (χ1) is 10.3. The van der Waals surface area contributed by atoms with Gasteiger partial charge in [-0.25, -0.2) is 0 Å². The predicted molar refractivity (Wildman–Crippen MR) is 86.9 cm³/mol. The van der Waals surface area contributed by atoms with Crippen LogP contribution in [-0.4, -0.2) is 76.6 Å². The number of hydrogen-bond acceptors (Lipinski definition) is 4. The number of likely N-dealkylation sites (N-methyl/N-ethyl adjacent to an activating group) is 1. The Kier molecular flexibility index (Phi) is 10.2. The highest BCUT2D eigenvalue weighted by Gasteiger charge is 2.15. The first-order valence-electron chi connectivity index (χ1n) is 8.16. The van der Waals surface area contributed by atoms with E-state index in [0.717, 1.165) is 71.3 Å². The van der Waals surface area contributed by atoms with E-state index >= 15 is 0 Å². The van der Waals surface area contributed by atoms with Crippen molar-refractivity contribution in [2.75, 3.05) is 59.6 Å². The lowest BCUT2D eigenvalue weighted by atomic mass is 10.3. The van der Waals surface area contributed by atoms with Gasteiger partial charge in [0.15, 0.2) is 5.96 Å². The van der Waals surface area contributed by atoms with Crippen LogP contribution in [0.1, 0.15) is 26.7 Å². The largest absolute Gasteiger partial charge is 0.379 e. The molecule has 6 heteroatoms. The van der Waals surface area contributed by atoms with Crippen molar-refractivity contribution >= 4 is 5.96 Å². The van der Waals surface area contributed by atoms with Gasteiger partial charge >= 0.3 is 0 Å². The van der Waals surface area contributed by atoms with Crippen molar-refractivity contribution in [2.45, 2.75) is 32.8 Å². The van der Waals surface area contributed by atoms with Crippen LogP contribution in [0.25, 0.3) is 0 Å². The van der Waals surface area contributed by atoms with Crippen LogP contribution in [0.4, 0.5) is 0 Å². The van der Waals surface area contributed by atoms with Crippen molar-refractivity contribution in [2.24, 2.45) is 4.99 Å². The number of nitrogens with zero attached hydrogens (tertiary/aromatic N) is 2. The van der Waals surface area contributed by atoms with Gasteiger partial charge in [0, 0.05) is 39.9 Å². The second kappa shape index (κ2) is 11.8. The van der Waals surface area contributed by atoms with E-state index in [4.69, 9.17) is 9.47 Å². The second-order valence-electron chi connectivity index (χ2n) is 5.16. The summed E-state index contributed by atoms with van der Waals surface area (Å²) in [4.78, 5) is 6.61. The molecule has 0 aliphatic carbocycles. The Balaban J connectivity index is 2.00. The molecule has 1 rings (SSSR count). The van der Waals surface area contributed by atoms with Crippen molar-refractivity contribution in [3.63, 3.8) is 0 Å². The lowest BCUT2D eigenvalue weighted by Crippen LogP contribution is -2.42. The molecule has 0 aromatic carbocycles. The first kappa shape index (κ1) is 18.2. The molecule has 2 N–H and O–H groups in total. The van der Waals surface area contributed by atoms with Gasteiger partial charge in [-0.1, -0.05) is 13.8 Å². The average molecular weight is 300 g/mol. The van der Waals surface area contributed by atoms with Gasteiger partial charge in [0.1, 0.15) is 0 Å². The monoisotopic (exact) mass is 300 g/mol. The lowest BCUT2D eigenvalue weighted by Gasteiger charge is -2.19. The molecule has 1 saturated heterocycles. The first-order valence-corrected chi connectivity index (χ1v) is 8.16. The van der Waals surface area contributed by atoms with E-state index in [0.29, 0.717) is 6.10 Å². The van der Waals surface area contributed by atoms with Gasteiger partial charge in [-0.2, -0.15) is 0 Å². The third kappa shape index (κ3) is 8.24. The molecule has 1 unspecified atom stereocenters. The fourth-order valence-electron chi connectivity index (χ4n) is 2.27. The van der Waals surface area contributed by atoms with E-state index < -0.39 is 0 Å². The molecule has 0 aromatic heterocycles. The smallest absolute Gasteiger partial charge is 0.191 e. The Hall–Kier alpha value is -0.850. The van der Waals surface area contributed by atoms with Crippen LogP contribution < -0.4 is 10.6 Å². The molecule has 0 spiro atoms. The standard InChI is InChI=1S/C15H32N4O2/c1-4-19(5-2)10-9-18-15(16-3)17-8-6-11-21-14-7-12-20-13-14/h14H,4-13H2,1-3H3,(H2,16,17,18). The van der Waals surface area contributed by atoms with Crippen LogP contribution in [0, 0.1) is 0 Å². The Labute approximate surface area is 129 Å². The van der Waals surface area contributed by atoms with Crippen molar-refractivity contribution in [3.05, 3.63) is 0 Å². The molecule has 124 valence electrons. The van der Waals surface area contributed by atoms with E-state index in [9.17, 15) is 0 Å². The van der Waals surface area contributed by atoms with E-state index in [1.54, 1.807) is 7.05 Å². The molecule has 1 aliphatic heterocycles. The molecule has 0 bridgehead atoms. The molecule has 0 aromatic rings. The van der Waals surface area contributed by atoms with Gasteiger partial charge in [0.05, 0.1) is 12.7 Å². The zero-order valence-electron chi connectivity index (χ0n) is 13.9. The van der Waals surface area contributed by atoms with Gasteiger partial charge < -0.3 is 25.0 Å². The summed E-state index contributed by atoms with van der Waals surface area (Å²) in [6.45, 7) is 11.7. The van der Waals surface area contributed by atoms with Crippen LogP contribution in [0.5, 0.6) is 0 Å². The van der Waals surface area contributed by atoms with Crippen LogP contribution in [-0.2, 0) is 9.47 Å². The highest BCUT2D eigenvalue weighted by Crippen LogP contribution is 2.07. The second-order valence-corrected chi connectivity index (χ2v) is 5.16. The normalized spacial score (nSPS) is 19.2. The Morgan fingerprint density at radius 3 is 2.67 bits per heavy atom. The third-order valence-corrected chi connectivity index (χ3v) is 3.69. The minimum atomic E-state index is 0.302. The predicted octanol–water partition coefficient (Wildman–Crippen LogP) is 0.689. The Morgan fingerprint density at radius 1 is 1.29 bits per heavy atom. The van der Waals surface area contributed by atoms with Gasteiger partial charge in [0.2, 0.25) is 0 Å². The lowest BCUT2D eigenvalue weighted by molar-refractivity contribution is 0.0420. The van der Waals surface area contributed by atoms with Gasteiger partial charge in [-0.05, 0) is 25.9 Å². The number of ether oxygens (including phenoxy) is 2. The zero-order chi connectivity index (χ0) is 15.3. The number of hydrogen-bond donors (Lipinski definition) is 2. The van der Waals surface area contributed by atoms with E-state index in [1.807, 2.05) is 0 Å². The summed E-state index contributed by atoms with van der Waals surface area (Å²) in [6, 6.07) is 0. The van der Waals surface area contributed by atoms with Crippen LogP contribution in [0.3, 0.4) is 0 Å². The molecule has 0 saturated carbocycles. The number of aliphatic imine (C=N–C) groups is 1. The maximum atomic E-state index is 5.73. The highest BCUT2D eigenvalue weighted by atomic mass is 16.5. The SMILES string of the molecule is CCN(CC)CCNC(=NC)NCCCOC1CCOC1. The summed E-state index contributed by atoms with van der Waals surface area (Å²) < 4.78 is 11.0. The van der Waals surface area contributed by atoms with Gasteiger partial charge in [-0.3, -0.25) is 4.99 Å². The highest BCUT2D eigenvalue weighted by molar-refractivity contribution is 5.79. The van der Waals surface area contributed by atoms with Crippen molar-refractivity contribution in [1.29, 1.82) is 0 Å². The zero-order valence-corrected chi connectivity index (χ0v) is 13.9. The van der Waals surface area contributed by atoms with Crippen molar-refractivity contribution < 1.29 is 9.47 Å². The molecule has 0 radical (unpaired) electrons. The summed E-state index contributed by atoms with van der Waals surface area (Å²) in [5.41, 5.74) is 0. The summed E-state index contributed by atoms with van der Waals surface area (Å²) in [6.07, 6.45) is 2.31. The average Bonchev–Trinajstić information content (AvgIpc) is 3.02. The fraction of sp³-hybridized carbons (Fsp3) is 0.933. The topological polar surface area (TPSA) is 58.1 Å². The summed E-state index contributed by atoms with van der Waals surface area (Å²) >= 11 is 0. The maximum Gasteiger partial charge on any atom is 0.191 e. The summed E-state index contributed by atoms with van der Waals surface area (Å²) in [5, 5.41) is 6.65. The van der Waals surface area contributed by atoms with E-state index in [1.165, 1.54) is 0 Å². The van der Waals surface area contributed by atoms with E-state index in [-0.39, 0.29) is 0 Å². The van der Waals surface area contributed by atoms with Crippen molar-refractivity contribution in [1.82, 2.24) is 15.5 Å². The molecule has 1 heterocycles. The fourth-order valence-corrected chi connectivity index (χ4v) is 2.27. The van der Waals surface area contributed by atoms with Crippen LogP contribution in [0.2, 0.25) is 0 Å². The maximum absolute atomic E-state index is 5.73. The summed E-state index contributed by atoms with van der Waals surface area (Å²) in [7, 11) is 1.80. The Morgan fingerprint density at radius 2 is 2.05 bits per heavy atom. The number of rotatable bonds is 10. The number of nitrogens with one attached hydrogen (secondary N) is 2. The molecule has 1 aliphatic rings.